The fourth-order valence-electron chi connectivity index (χ4n) is 1.14. The van der Waals surface area contributed by atoms with Gasteiger partial charge in [0, 0.05) is 10.7 Å². The number of hydrogen-bond acceptors (Lipinski definition) is 3. The molecule has 0 aromatic heterocycles. The molecule has 1 aromatic carbocycles. The quantitative estimate of drug-likeness (QED) is 0.697. The monoisotopic (exact) mass is 233 g/mol. The van der Waals surface area contributed by atoms with Crippen LogP contribution in [-0.2, 0) is 9.05 Å². The highest BCUT2D eigenvalue weighted by Gasteiger charge is 2.19. The molecule has 6 heteroatoms. The number of hydrogen-bond donors (Lipinski definition) is 0. The van der Waals surface area contributed by atoms with Crippen LogP contribution in [0.25, 0.3) is 0 Å². The lowest BCUT2D eigenvalue weighted by molar-refractivity contribution is 0.606. The van der Waals surface area contributed by atoms with E-state index in [2.05, 4.69) is 0 Å². The molecule has 0 fully saturated rings. The Balaban J connectivity index is 3.68. The van der Waals surface area contributed by atoms with E-state index in [4.69, 9.17) is 15.9 Å². The van der Waals surface area contributed by atoms with Gasteiger partial charge in [0.2, 0.25) is 0 Å². The number of nitrogens with zero attached hydrogens (tertiary/aromatic N) is 1. The van der Waals surface area contributed by atoms with Crippen LogP contribution in [0.4, 0.5) is 4.39 Å². The van der Waals surface area contributed by atoms with Crippen LogP contribution in [0.2, 0.25) is 0 Å². The maximum Gasteiger partial charge on any atom is 0.262 e. The third-order valence-corrected chi connectivity index (χ3v) is 3.10. The molecule has 0 aliphatic heterocycles. The molecular formula is C8H5ClFNO2S. The summed E-state index contributed by atoms with van der Waals surface area (Å²) in [5.74, 6) is -0.664. The molecule has 0 spiro atoms. The maximum absolute atomic E-state index is 12.8. The maximum atomic E-state index is 12.8. The van der Waals surface area contributed by atoms with Gasteiger partial charge in [0.25, 0.3) is 9.05 Å². The van der Waals surface area contributed by atoms with Crippen molar-refractivity contribution in [1.29, 1.82) is 5.26 Å². The number of benzene rings is 1. The van der Waals surface area contributed by atoms with Gasteiger partial charge in [-0.2, -0.15) is 5.26 Å². The van der Waals surface area contributed by atoms with Gasteiger partial charge in [0.05, 0.1) is 5.56 Å². The van der Waals surface area contributed by atoms with Gasteiger partial charge < -0.3 is 0 Å². The fourth-order valence-corrected chi connectivity index (χ4v) is 2.56. The zero-order valence-corrected chi connectivity index (χ0v) is 8.66. The molecule has 0 N–H and O–H groups in total. The van der Waals surface area contributed by atoms with Crippen LogP contribution in [0.15, 0.2) is 17.0 Å². The molecule has 0 saturated carbocycles. The van der Waals surface area contributed by atoms with E-state index in [-0.39, 0.29) is 16.0 Å². The van der Waals surface area contributed by atoms with E-state index in [0.29, 0.717) is 0 Å². The van der Waals surface area contributed by atoms with E-state index >= 15 is 0 Å². The second kappa shape index (κ2) is 3.56. The van der Waals surface area contributed by atoms with Crippen molar-refractivity contribution < 1.29 is 12.8 Å². The number of halogens is 2. The summed E-state index contributed by atoms with van der Waals surface area (Å²) < 4.78 is 34.9. The number of nitriles is 1. The summed E-state index contributed by atoms with van der Waals surface area (Å²) >= 11 is 0. The van der Waals surface area contributed by atoms with Crippen LogP contribution < -0.4 is 0 Å². The normalized spacial score (nSPS) is 11.0. The van der Waals surface area contributed by atoms with Gasteiger partial charge >= 0.3 is 0 Å². The molecule has 0 radical (unpaired) electrons. The molecule has 0 aliphatic carbocycles. The molecule has 0 aliphatic rings. The molecule has 0 heterocycles. The Labute approximate surface area is 85.2 Å². The molecule has 1 rings (SSSR count). The highest BCUT2D eigenvalue weighted by Crippen LogP contribution is 2.24. The SMILES string of the molecule is Cc1cc(F)cc(C#N)c1S(=O)(=O)Cl. The zero-order valence-electron chi connectivity index (χ0n) is 7.08. The van der Waals surface area contributed by atoms with E-state index in [1.165, 1.54) is 6.92 Å². The third kappa shape index (κ3) is 2.03. The summed E-state index contributed by atoms with van der Waals surface area (Å²) in [4.78, 5) is -0.330. The Hall–Kier alpha value is -1.12. The minimum Gasteiger partial charge on any atom is -0.207 e. The summed E-state index contributed by atoms with van der Waals surface area (Å²) in [5, 5.41) is 8.59. The minimum absolute atomic E-state index is 0.122. The van der Waals surface area contributed by atoms with Gasteiger partial charge in [-0.25, -0.2) is 12.8 Å². The van der Waals surface area contributed by atoms with Crippen molar-refractivity contribution in [1.82, 2.24) is 0 Å². The Morgan fingerprint density at radius 2 is 2.07 bits per heavy atom. The van der Waals surface area contributed by atoms with Crippen molar-refractivity contribution in [3.8, 4) is 6.07 Å². The van der Waals surface area contributed by atoms with E-state index in [9.17, 15) is 12.8 Å². The van der Waals surface area contributed by atoms with Gasteiger partial charge in [-0.05, 0) is 24.6 Å². The van der Waals surface area contributed by atoms with Gasteiger partial charge in [0.1, 0.15) is 16.8 Å². The Morgan fingerprint density at radius 3 is 2.50 bits per heavy atom. The fraction of sp³-hybridized carbons (Fsp3) is 0.125. The van der Waals surface area contributed by atoms with E-state index < -0.39 is 14.9 Å². The van der Waals surface area contributed by atoms with Crippen molar-refractivity contribution in [2.45, 2.75) is 11.8 Å². The second-order valence-corrected chi connectivity index (χ2v) is 5.15. The molecule has 0 unspecified atom stereocenters. The predicted molar refractivity (Wildman–Crippen MR) is 48.9 cm³/mol. The lowest BCUT2D eigenvalue weighted by Crippen LogP contribution is -1.99. The first kappa shape index (κ1) is 11.0. The second-order valence-electron chi connectivity index (χ2n) is 2.65. The summed E-state index contributed by atoms with van der Waals surface area (Å²) in [6.45, 7) is 1.37. The molecule has 0 amide bonds. The Bertz CT molecular complexity index is 519. The number of rotatable bonds is 1. The Kier molecular flexibility index (Phi) is 2.79. The van der Waals surface area contributed by atoms with Gasteiger partial charge in [-0.1, -0.05) is 0 Å². The van der Waals surface area contributed by atoms with Crippen LogP contribution >= 0.6 is 10.7 Å². The van der Waals surface area contributed by atoms with Crippen LogP contribution in [0.1, 0.15) is 11.1 Å². The van der Waals surface area contributed by atoms with Crippen LogP contribution in [0.5, 0.6) is 0 Å². The first-order valence-electron chi connectivity index (χ1n) is 3.51. The summed E-state index contributed by atoms with van der Waals surface area (Å²) in [5.41, 5.74) is -0.158. The molecule has 14 heavy (non-hydrogen) atoms. The van der Waals surface area contributed by atoms with Crippen LogP contribution in [0, 0.1) is 24.1 Å². The predicted octanol–water partition coefficient (Wildman–Crippen LogP) is 1.93. The van der Waals surface area contributed by atoms with E-state index in [1.54, 1.807) is 6.07 Å². The van der Waals surface area contributed by atoms with Crippen molar-refractivity contribution in [3.05, 3.63) is 29.1 Å². The average Bonchev–Trinajstić information content (AvgIpc) is 1.99. The smallest absolute Gasteiger partial charge is 0.207 e. The molecule has 1 aromatic rings. The lowest BCUT2D eigenvalue weighted by Gasteiger charge is -2.03. The third-order valence-electron chi connectivity index (χ3n) is 1.60. The van der Waals surface area contributed by atoms with Crippen molar-refractivity contribution in [2.24, 2.45) is 0 Å². The molecule has 0 saturated heterocycles. The molecular weight excluding hydrogens is 229 g/mol. The summed E-state index contributed by atoms with van der Waals surface area (Å²) in [7, 11) is 1.09. The lowest BCUT2D eigenvalue weighted by atomic mass is 10.1. The van der Waals surface area contributed by atoms with E-state index in [0.717, 1.165) is 12.1 Å². The van der Waals surface area contributed by atoms with E-state index in [1.807, 2.05) is 0 Å². The van der Waals surface area contributed by atoms with Crippen LogP contribution in [0.3, 0.4) is 0 Å². The average molecular weight is 234 g/mol. The molecule has 0 atom stereocenters. The first-order valence-corrected chi connectivity index (χ1v) is 5.82. The largest absolute Gasteiger partial charge is 0.262 e. The van der Waals surface area contributed by atoms with Crippen molar-refractivity contribution >= 4 is 19.7 Å². The van der Waals surface area contributed by atoms with Crippen LogP contribution in [-0.4, -0.2) is 8.42 Å². The first-order chi connectivity index (χ1) is 6.36. The Morgan fingerprint density at radius 1 is 1.50 bits per heavy atom. The standard InChI is InChI=1S/C8H5ClFNO2S/c1-5-2-7(10)3-6(4-11)8(5)14(9,12)13/h2-3H,1H3. The molecule has 3 nitrogen and oxygen atoms in total. The molecule has 0 bridgehead atoms. The number of aryl methyl sites for hydroxylation is 1. The van der Waals surface area contributed by atoms with Gasteiger partial charge in [0.15, 0.2) is 0 Å². The zero-order chi connectivity index (χ0) is 10.9. The van der Waals surface area contributed by atoms with Gasteiger partial charge in [-0.15, -0.1) is 0 Å². The minimum atomic E-state index is -4.01. The topological polar surface area (TPSA) is 57.9 Å². The summed E-state index contributed by atoms with van der Waals surface area (Å²) in [6, 6.07) is 3.43. The van der Waals surface area contributed by atoms with Crippen molar-refractivity contribution in [3.63, 3.8) is 0 Å². The van der Waals surface area contributed by atoms with Crippen molar-refractivity contribution in [2.75, 3.05) is 0 Å². The summed E-state index contributed by atoms with van der Waals surface area (Å²) in [6.07, 6.45) is 0. The highest BCUT2D eigenvalue weighted by molar-refractivity contribution is 8.13. The van der Waals surface area contributed by atoms with Gasteiger partial charge in [-0.3, -0.25) is 0 Å². The highest BCUT2D eigenvalue weighted by atomic mass is 35.7. The molecule has 74 valence electrons.